The van der Waals surface area contributed by atoms with E-state index in [2.05, 4.69) is 42.1 Å². The average molecular weight is 300 g/mol. The number of thiazole rings is 1. The SMILES string of the molecule is CCOc1cccc2c1ccn2Cc1csc(C(C)C)n1. The Morgan fingerprint density at radius 3 is 2.86 bits per heavy atom. The van der Waals surface area contributed by atoms with Gasteiger partial charge in [0.2, 0.25) is 0 Å². The summed E-state index contributed by atoms with van der Waals surface area (Å²) in [6.45, 7) is 7.87. The number of fused-ring (bicyclic) bond motifs is 1. The molecule has 0 spiro atoms. The monoisotopic (exact) mass is 300 g/mol. The molecular formula is C17H20N2OS. The molecule has 0 unspecified atom stereocenters. The molecule has 0 atom stereocenters. The number of hydrogen-bond acceptors (Lipinski definition) is 3. The van der Waals surface area contributed by atoms with Crippen LogP contribution in [0.4, 0.5) is 0 Å². The van der Waals surface area contributed by atoms with E-state index in [-0.39, 0.29) is 0 Å². The molecule has 0 aliphatic carbocycles. The van der Waals surface area contributed by atoms with E-state index >= 15 is 0 Å². The lowest BCUT2D eigenvalue weighted by Gasteiger charge is -2.06. The Balaban J connectivity index is 1.92. The van der Waals surface area contributed by atoms with Crippen LogP contribution in [-0.2, 0) is 6.54 Å². The van der Waals surface area contributed by atoms with E-state index in [1.54, 1.807) is 11.3 Å². The lowest BCUT2D eigenvalue weighted by molar-refractivity contribution is 0.344. The Morgan fingerprint density at radius 1 is 1.29 bits per heavy atom. The summed E-state index contributed by atoms with van der Waals surface area (Å²) in [6.07, 6.45) is 2.11. The van der Waals surface area contributed by atoms with Gasteiger partial charge in [-0.15, -0.1) is 11.3 Å². The van der Waals surface area contributed by atoms with Gasteiger partial charge in [0.05, 0.1) is 29.4 Å². The molecule has 0 bridgehead atoms. The van der Waals surface area contributed by atoms with Gasteiger partial charge in [0, 0.05) is 22.9 Å². The second-order valence-electron chi connectivity index (χ2n) is 5.40. The van der Waals surface area contributed by atoms with Gasteiger partial charge in [-0.25, -0.2) is 4.98 Å². The van der Waals surface area contributed by atoms with Crippen LogP contribution in [0.5, 0.6) is 5.75 Å². The lowest BCUT2D eigenvalue weighted by Crippen LogP contribution is -1.99. The van der Waals surface area contributed by atoms with Gasteiger partial charge in [-0.3, -0.25) is 0 Å². The van der Waals surface area contributed by atoms with Gasteiger partial charge in [0.25, 0.3) is 0 Å². The summed E-state index contributed by atoms with van der Waals surface area (Å²) in [6, 6.07) is 8.32. The molecule has 0 aliphatic heterocycles. The Labute approximate surface area is 129 Å². The zero-order chi connectivity index (χ0) is 14.8. The molecule has 21 heavy (non-hydrogen) atoms. The summed E-state index contributed by atoms with van der Waals surface area (Å²) in [5, 5.41) is 4.53. The third-order valence-electron chi connectivity index (χ3n) is 3.47. The number of ether oxygens (including phenoxy) is 1. The smallest absolute Gasteiger partial charge is 0.128 e. The van der Waals surface area contributed by atoms with Crippen LogP contribution in [0.2, 0.25) is 0 Å². The highest BCUT2D eigenvalue weighted by Gasteiger charge is 2.09. The fourth-order valence-electron chi connectivity index (χ4n) is 2.45. The number of benzene rings is 1. The van der Waals surface area contributed by atoms with Crippen LogP contribution in [0.3, 0.4) is 0 Å². The van der Waals surface area contributed by atoms with Crippen molar-refractivity contribution < 1.29 is 4.74 Å². The highest BCUT2D eigenvalue weighted by molar-refractivity contribution is 7.09. The van der Waals surface area contributed by atoms with E-state index in [0.29, 0.717) is 12.5 Å². The number of rotatable bonds is 5. The summed E-state index contributed by atoms with van der Waals surface area (Å²) in [7, 11) is 0. The molecule has 3 nitrogen and oxygen atoms in total. The first-order chi connectivity index (χ1) is 10.2. The molecule has 110 valence electrons. The Hall–Kier alpha value is -1.81. The van der Waals surface area contributed by atoms with Gasteiger partial charge in [0.1, 0.15) is 5.75 Å². The molecule has 2 aromatic heterocycles. The third kappa shape index (κ3) is 2.81. The summed E-state index contributed by atoms with van der Waals surface area (Å²) >= 11 is 1.75. The van der Waals surface area contributed by atoms with E-state index in [4.69, 9.17) is 9.72 Å². The van der Waals surface area contributed by atoms with Gasteiger partial charge < -0.3 is 9.30 Å². The minimum Gasteiger partial charge on any atom is -0.493 e. The van der Waals surface area contributed by atoms with Crippen molar-refractivity contribution >= 4 is 22.2 Å². The Bertz CT molecular complexity index is 742. The molecule has 3 rings (SSSR count). The Kier molecular flexibility index (Phi) is 3.97. The van der Waals surface area contributed by atoms with Crippen molar-refractivity contribution in [3.63, 3.8) is 0 Å². The zero-order valence-electron chi connectivity index (χ0n) is 12.7. The first kappa shape index (κ1) is 14.1. The van der Waals surface area contributed by atoms with Crippen LogP contribution in [-0.4, -0.2) is 16.2 Å². The third-order valence-corrected chi connectivity index (χ3v) is 4.66. The highest BCUT2D eigenvalue weighted by Crippen LogP contribution is 2.27. The molecule has 2 heterocycles. The maximum absolute atomic E-state index is 5.69. The number of nitrogens with zero attached hydrogens (tertiary/aromatic N) is 2. The molecule has 0 fully saturated rings. The normalized spacial score (nSPS) is 11.4. The molecular weight excluding hydrogens is 280 g/mol. The van der Waals surface area contributed by atoms with Gasteiger partial charge >= 0.3 is 0 Å². The molecule has 1 aromatic carbocycles. The molecule has 0 N–H and O–H groups in total. The summed E-state index contributed by atoms with van der Waals surface area (Å²) < 4.78 is 7.92. The second-order valence-corrected chi connectivity index (χ2v) is 6.29. The van der Waals surface area contributed by atoms with E-state index in [9.17, 15) is 0 Å². The molecule has 4 heteroatoms. The van der Waals surface area contributed by atoms with E-state index in [0.717, 1.165) is 18.0 Å². The summed E-state index contributed by atoms with van der Waals surface area (Å²) in [5.74, 6) is 1.45. The van der Waals surface area contributed by atoms with E-state index < -0.39 is 0 Å². The molecule has 3 aromatic rings. The van der Waals surface area contributed by atoms with Crippen LogP contribution in [0.15, 0.2) is 35.8 Å². The van der Waals surface area contributed by atoms with Gasteiger partial charge in [0.15, 0.2) is 0 Å². The molecule has 0 amide bonds. The molecule has 0 aliphatic rings. The predicted molar refractivity (Wildman–Crippen MR) is 88.4 cm³/mol. The average Bonchev–Trinajstić information content (AvgIpc) is 3.08. The minimum atomic E-state index is 0.495. The van der Waals surface area contributed by atoms with Crippen molar-refractivity contribution in [3.05, 3.63) is 46.5 Å². The zero-order valence-corrected chi connectivity index (χ0v) is 13.5. The van der Waals surface area contributed by atoms with Crippen LogP contribution in [0.25, 0.3) is 10.9 Å². The maximum atomic E-state index is 5.69. The quantitative estimate of drug-likeness (QED) is 0.684. The molecule has 0 radical (unpaired) electrons. The fraction of sp³-hybridized carbons (Fsp3) is 0.353. The maximum Gasteiger partial charge on any atom is 0.128 e. The van der Waals surface area contributed by atoms with Crippen molar-refractivity contribution in [1.82, 2.24) is 9.55 Å². The number of hydrogen-bond donors (Lipinski definition) is 0. The number of aromatic nitrogens is 2. The summed E-state index contributed by atoms with van der Waals surface area (Å²) in [5.41, 5.74) is 2.32. The summed E-state index contributed by atoms with van der Waals surface area (Å²) in [4.78, 5) is 4.72. The van der Waals surface area contributed by atoms with Crippen molar-refractivity contribution in [3.8, 4) is 5.75 Å². The van der Waals surface area contributed by atoms with E-state index in [1.807, 2.05) is 19.1 Å². The Morgan fingerprint density at radius 2 is 2.14 bits per heavy atom. The van der Waals surface area contributed by atoms with Gasteiger partial charge in [-0.2, -0.15) is 0 Å². The largest absolute Gasteiger partial charge is 0.493 e. The predicted octanol–water partition coefficient (Wildman–Crippen LogP) is 4.67. The van der Waals surface area contributed by atoms with Crippen molar-refractivity contribution in [2.24, 2.45) is 0 Å². The van der Waals surface area contributed by atoms with Crippen LogP contribution < -0.4 is 4.74 Å². The first-order valence-electron chi connectivity index (χ1n) is 7.34. The topological polar surface area (TPSA) is 27.1 Å². The molecule has 0 saturated carbocycles. The minimum absolute atomic E-state index is 0.495. The van der Waals surface area contributed by atoms with Crippen molar-refractivity contribution in [2.45, 2.75) is 33.2 Å². The first-order valence-corrected chi connectivity index (χ1v) is 8.22. The standard InChI is InChI=1S/C17H20N2OS/c1-4-20-16-7-5-6-15-14(16)8-9-19(15)10-13-11-21-17(18-13)12(2)3/h5-9,11-12H,4,10H2,1-3H3. The second kappa shape index (κ2) is 5.90. The van der Waals surface area contributed by atoms with Crippen LogP contribution in [0.1, 0.15) is 37.4 Å². The van der Waals surface area contributed by atoms with Crippen molar-refractivity contribution in [1.29, 1.82) is 0 Å². The van der Waals surface area contributed by atoms with Crippen LogP contribution in [0, 0.1) is 0 Å². The van der Waals surface area contributed by atoms with Crippen LogP contribution >= 0.6 is 11.3 Å². The van der Waals surface area contributed by atoms with Gasteiger partial charge in [-0.1, -0.05) is 19.9 Å². The van der Waals surface area contributed by atoms with Gasteiger partial charge in [-0.05, 0) is 25.1 Å². The van der Waals surface area contributed by atoms with E-state index in [1.165, 1.54) is 15.9 Å². The lowest BCUT2D eigenvalue weighted by atomic mass is 10.2. The van der Waals surface area contributed by atoms with Crippen molar-refractivity contribution in [2.75, 3.05) is 6.61 Å². The molecule has 0 saturated heterocycles. The fourth-order valence-corrected chi connectivity index (χ4v) is 3.28. The highest BCUT2D eigenvalue weighted by atomic mass is 32.1.